The molecule has 0 unspecified atom stereocenters. The molecule has 1 aromatic heterocycles. The zero-order valence-corrected chi connectivity index (χ0v) is 10.6. The van der Waals surface area contributed by atoms with Gasteiger partial charge >= 0.3 is 0 Å². The van der Waals surface area contributed by atoms with Crippen LogP contribution >= 0.6 is 11.6 Å². The fourth-order valence-corrected chi connectivity index (χ4v) is 1.79. The molecule has 16 heavy (non-hydrogen) atoms. The Labute approximate surface area is 100 Å². The van der Waals surface area contributed by atoms with Gasteiger partial charge in [0.25, 0.3) is 5.91 Å². The Balaban J connectivity index is 2.51. The molecule has 0 aliphatic carbocycles. The molecule has 0 aliphatic rings. The Morgan fingerprint density at radius 2 is 2.31 bits per heavy atom. The van der Waals surface area contributed by atoms with Gasteiger partial charge < -0.3 is 9.84 Å². The van der Waals surface area contributed by atoms with Crippen LogP contribution in [0.4, 0.5) is 0 Å². The molecule has 4 nitrogen and oxygen atoms in total. The molecular weight excluding hydrogens is 228 g/mol. The van der Waals surface area contributed by atoms with E-state index in [-0.39, 0.29) is 11.3 Å². The van der Waals surface area contributed by atoms with Crippen molar-refractivity contribution in [2.24, 2.45) is 5.41 Å². The van der Waals surface area contributed by atoms with Crippen LogP contribution in [0, 0.1) is 12.3 Å². The van der Waals surface area contributed by atoms with E-state index in [0.29, 0.717) is 23.7 Å². The van der Waals surface area contributed by atoms with E-state index in [1.54, 1.807) is 6.92 Å². The molecule has 0 fully saturated rings. The molecule has 1 heterocycles. The summed E-state index contributed by atoms with van der Waals surface area (Å²) in [5.41, 5.74) is 0.490. The van der Waals surface area contributed by atoms with Gasteiger partial charge in [-0.15, -0.1) is 11.6 Å². The predicted molar refractivity (Wildman–Crippen MR) is 62.7 cm³/mol. The smallest absolute Gasteiger partial charge is 0.256 e. The summed E-state index contributed by atoms with van der Waals surface area (Å²) < 4.78 is 4.83. The quantitative estimate of drug-likeness (QED) is 0.809. The summed E-state index contributed by atoms with van der Waals surface area (Å²) in [4.78, 5) is 11.7. The fraction of sp³-hybridized carbons (Fsp3) is 0.636. The summed E-state index contributed by atoms with van der Waals surface area (Å²) in [6, 6.07) is 0. The first kappa shape index (κ1) is 13.0. The lowest BCUT2D eigenvalue weighted by atomic mass is 9.90. The van der Waals surface area contributed by atoms with Crippen LogP contribution in [0.5, 0.6) is 0 Å². The maximum atomic E-state index is 11.7. The van der Waals surface area contributed by atoms with Gasteiger partial charge in [0.2, 0.25) is 0 Å². The van der Waals surface area contributed by atoms with Crippen molar-refractivity contribution in [1.82, 2.24) is 10.5 Å². The standard InChI is InChI=1S/C11H17ClN2O2/c1-8-9(6-14-16-8)10(15)13-7-11(2,3)4-5-12/h6H,4-5,7H2,1-3H3,(H,13,15). The molecule has 5 heteroatoms. The summed E-state index contributed by atoms with van der Waals surface area (Å²) in [7, 11) is 0. The predicted octanol–water partition coefficient (Wildman–Crippen LogP) is 2.37. The maximum absolute atomic E-state index is 11.7. The van der Waals surface area contributed by atoms with Crippen molar-refractivity contribution < 1.29 is 9.32 Å². The summed E-state index contributed by atoms with van der Waals surface area (Å²) in [5, 5.41) is 6.42. The number of rotatable bonds is 5. The van der Waals surface area contributed by atoms with Gasteiger partial charge in [-0.1, -0.05) is 19.0 Å². The largest absolute Gasteiger partial charge is 0.361 e. The third-order valence-corrected chi connectivity index (χ3v) is 2.68. The molecule has 1 aromatic rings. The first-order valence-corrected chi connectivity index (χ1v) is 5.75. The minimum Gasteiger partial charge on any atom is -0.361 e. The number of carbonyl (C=O) groups is 1. The number of aryl methyl sites for hydroxylation is 1. The highest BCUT2D eigenvalue weighted by atomic mass is 35.5. The lowest BCUT2D eigenvalue weighted by molar-refractivity contribution is 0.0934. The van der Waals surface area contributed by atoms with E-state index in [4.69, 9.17) is 16.1 Å². The van der Waals surface area contributed by atoms with Gasteiger partial charge in [0, 0.05) is 12.4 Å². The zero-order valence-electron chi connectivity index (χ0n) is 9.84. The monoisotopic (exact) mass is 244 g/mol. The third-order valence-electron chi connectivity index (χ3n) is 2.49. The molecule has 1 N–H and O–H groups in total. The minimum absolute atomic E-state index is 0.00246. The van der Waals surface area contributed by atoms with Crippen LogP contribution in [0.3, 0.4) is 0 Å². The summed E-state index contributed by atoms with van der Waals surface area (Å²) >= 11 is 5.69. The van der Waals surface area contributed by atoms with Gasteiger partial charge in [-0.05, 0) is 18.8 Å². The van der Waals surface area contributed by atoms with Crippen LogP contribution < -0.4 is 5.32 Å². The first-order valence-electron chi connectivity index (χ1n) is 5.22. The highest BCUT2D eigenvalue weighted by Gasteiger charge is 2.20. The van der Waals surface area contributed by atoms with Crippen LogP contribution in [0.15, 0.2) is 10.7 Å². The van der Waals surface area contributed by atoms with Gasteiger partial charge in [0.15, 0.2) is 0 Å². The molecule has 0 radical (unpaired) electrons. The molecule has 90 valence electrons. The Hall–Kier alpha value is -1.03. The molecule has 1 rings (SSSR count). The highest BCUT2D eigenvalue weighted by molar-refractivity contribution is 6.17. The zero-order chi connectivity index (χ0) is 12.2. The van der Waals surface area contributed by atoms with E-state index < -0.39 is 0 Å². The normalized spacial score (nSPS) is 11.5. The molecule has 0 saturated carbocycles. The van der Waals surface area contributed by atoms with Crippen molar-refractivity contribution in [2.45, 2.75) is 27.2 Å². The minimum atomic E-state index is -0.151. The number of hydrogen-bond donors (Lipinski definition) is 1. The molecular formula is C11H17ClN2O2. The molecule has 0 aliphatic heterocycles. The van der Waals surface area contributed by atoms with Crippen molar-refractivity contribution in [3.05, 3.63) is 17.5 Å². The van der Waals surface area contributed by atoms with Crippen molar-refractivity contribution in [2.75, 3.05) is 12.4 Å². The van der Waals surface area contributed by atoms with Crippen molar-refractivity contribution in [3.8, 4) is 0 Å². The van der Waals surface area contributed by atoms with E-state index in [9.17, 15) is 4.79 Å². The number of carbonyl (C=O) groups excluding carboxylic acids is 1. The molecule has 0 bridgehead atoms. The fourth-order valence-electron chi connectivity index (χ4n) is 1.28. The topological polar surface area (TPSA) is 55.1 Å². The van der Waals surface area contributed by atoms with Gasteiger partial charge in [0.1, 0.15) is 11.3 Å². The Morgan fingerprint density at radius 1 is 1.62 bits per heavy atom. The number of amides is 1. The van der Waals surface area contributed by atoms with Crippen LogP contribution in [-0.2, 0) is 0 Å². The van der Waals surface area contributed by atoms with E-state index in [2.05, 4.69) is 24.3 Å². The average molecular weight is 245 g/mol. The second-order valence-electron chi connectivity index (χ2n) is 4.58. The van der Waals surface area contributed by atoms with Crippen molar-refractivity contribution in [3.63, 3.8) is 0 Å². The van der Waals surface area contributed by atoms with Crippen LogP contribution in [0.1, 0.15) is 36.4 Å². The first-order chi connectivity index (χ1) is 7.46. The van der Waals surface area contributed by atoms with Gasteiger partial charge in [-0.3, -0.25) is 4.79 Å². The summed E-state index contributed by atoms with van der Waals surface area (Å²) in [6.07, 6.45) is 2.29. The van der Waals surface area contributed by atoms with Crippen molar-refractivity contribution in [1.29, 1.82) is 0 Å². The number of hydrogen-bond acceptors (Lipinski definition) is 3. The molecule has 0 saturated heterocycles. The van der Waals surface area contributed by atoms with Crippen LogP contribution in [0.25, 0.3) is 0 Å². The van der Waals surface area contributed by atoms with E-state index in [1.165, 1.54) is 6.20 Å². The number of halogens is 1. The second-order valence-corrected chi connectivity index (χ2v) is 4.96. The van der Waals surface area contributed by atoms with Crippen LogP contribution in [0.2, 0.25) is 0 Å². The van der Waals surface area contributed by atoms with Crippen molar-refractivity contribution >= 4 is 17.5 Å². The molecule has 0 spiro atoms. The summed E-state index contributed by atoms with van der Waals surface area (Å²) in [5.74, 6) is 0.976. The van der Waals surface area contributed by atoms with E-state index in [0.717, 1.165) is 6.42 Å². The molecule has 0 atom stereocenters. The third kappa shape index (κ3) is 3.52. The lowest BCUT2D eigenvalue weighted by Gasteiger charge is -2.23. The Morgan fingerprint density at radius 3 is 2.81 bits per heavy atom. The number of alkyl halides is 1. The second kappa shape index (κ2) is 5.34. The number of nitrogens with one attached hydrogen (secondary N) is 1. The van der Waals surface area contributed by atoms with E-state index in [1.807, 2.05) is 0 Å². The molecule has 0 aromatic carbocycles. The van der Waals surface area contributed by atoms with Gasteiger partial charge in [-0.2, -0.15) is 0 Å². The highest BCUT2D eigenvalue weighted by Crippen LogP contribution is 2.19. The lowest BCUT2D eigenvalue weighted by Crippen LogP contribution is -2.34. The van der Waals surface area contributed by atoms with E-state index >= 15 is 0 Å². The number of nitrogens with zero attached hydrogens (tertiary/aromatic N) is 1. The Bertz CT molecular complexity index is 361. The number of aromatic nitrogens is 1. The van der Waals surface area contributed by atoms with Crippen LogP contribution in [-0.4, -0.2) is 23.5 Å². The molecule has 1 amide bonds. The SMILES string of the molecule is Cc1oncc1C(=O)NCC(C)(C)CCCl. The maximum Gasteiger partial charge on any atom is 0.256 e. The van der Waals surface area contributed by atoms with Gasteiger partial charge in [-0.25, -0.2) is 0 Å². The average Bonchev–Trinajstić information content (AvgIpc) is 2.61. The summed E-state index contributed by atoms with van der Waals surface area (Å²) in [6.45, 7) is 6.43. The van der Waals surface area contributed by atoms with Gasteiger partial charge in [0.05, 0.1) is 6.20 Å². The Kier molecular flexibility index (Phi) is 4.35.